The molecule has 1 aromatic heterocycles. The Bertz CT molecular complexity index is 1050. The van der Waals surface area contributed by atoms with Gasteiger partial charge in [-0.15, -0.1) is 11.3 Å². The summed E-state index contributed by atoms with van der Waals surface area (Å²) in [5.74, 6) is 0.595. The Kier molecular flexibility index (Phi) is 6.90. The summed E-state index contributed by atoms with van der Waals surface area (Å²) in [6, 6.07) is 10.5. The molecule has 0 unspecified atom stereocenters. The predicted molar refractivity (Wildman–Crippen MR) is 115 cm³/mol. The van der Waals surface area contributed by atoms with E-state index >= 15 is 0 Å². The lowest BCUT2D eigenvalue weighted by Crippen LogP contribution is -2.01. The lowest BCUT2D eigenvalue weighted by atomic mass is 10.2. The zero-order chi connectivity index (χ0) is 20.8. The van der Waals surface area contributed by atoms with E-state index in [0.717, 1.165) is 20.8 Å². The van der Waals surface area contributed by atoms with Crippen LogP contribution >= 0.6 is 27.3 Å². The molecule has 150 valence electrons. The van der Waals surface area contributed by atoms with Gasteiger partial charge in [-0.05, 0) is 42.0 Å². The highest BCUT2D eigenvalue weighted by molar-refractivity contribution is 9.10. The second-order valence-corrected chi connectivity index (χ2v) is 7.63. The van der Waals surface area contributed by atoms with Crippen molar-refractivity contribution in [2.24, 2.45) is 0 Å². The molecule has 0 radical (unpaired) electrons. The fourth-order valence-corrected chi connectivity index (χ4v) is 3.69. The quantitative estimate of drug-likeness (QED) is 0.380. The van der Waals surface area contributed by atoms with E-state index in [2.05, 4.69) is 20.9 Å². The van der Waals surface area contributed by atoms with Crippen LogP contribution in [-0.4, -0.2) is 30.3 Å². The molecule has 0 saturated heterocycles. The number of phenols is 1. The van der Waals surface area contributed by atoms with Gasteiger partial charge < -0.3 is 19.3 Å². The molecule has 0 atom stereocenters. The Balaban J connectivity index is 1.62. The normalized spacial score (nSPS) is 10.9. The van der Waals surface area contributed by atoms with E-state index in [0.29, 0.717) is 17.0 Å². The SMILES string of the molecule is COc1cc(/C=C/C(=O)OCc2csc(-c3cc(Br)ccc3OC)n2)ccc1O. The second kappa shape index (κ2) is 9.58. The van der Waals surface area contributed by atoms with E-state index in [9.17, 15) is 9.90 Å². The third-order valence-electron chi connectivity index (χ3n) is 3.92. The summed E-state index contributed by atoms with van der Waals surface area (Å²) in [5, 5.41) is 12.2. The molecule has 29 heavy (non-hydrogen) atoms. The average molecular weight is 476 g/mol. The Morgan fingerprint density at radius 1 is 1.17 bits per heavy atom. The number of aromatic nitrogens is 1. The van der Waals surface area contributed by atoms with E-state index in [1.165, 1.54) is 30.6 Å². The number of nitrogens with zero attached hydrogens (tertiary/aromatic N) is 1. The molecular formula is C21H18BrNO5S. The van der Waals surface area contributed by atoms with E-state index in [4.69, 9.17) is 14.2 Å². The van der Waals surface area contributed by atoms with E-state index in [1.54, 1.807) is 25.3 Å². The Morgan fingerprint density at radius 3 is 2.72 bits per heavy atom. The summed E-state index contributed by atoms with van der Waals surface area (Å²) in [6.45, 7) is 0.0644. The van der Waals surface area contributed by atoms with Crippen molar-refractivity contribution >= 4 is 39.3 Å². The number of carbonyl (C=O) groups is 1. The summed E-state index contributed by atoms with van der Waals surface area (Å²) in [7, 11) is 3.07. The molecule has 0 spiro atoms. The van der Waals surface area contributed by atoms with Crippen LogP contribution in [0.15, 0.2) is 52.3 Å². The number of benzene rings is 2. The van der Waals surface area contributed by atoms with Crippen molar-refractivity contribution in [3.63, 3.8) is 0 Å². The van der Waals surface area contributed by atoms with Crippen LogP contribution in [-0.2, 0) is 16.1 Å². The molecule has 3 aromatic rings. The average Bonchev–Trinajstić information content (AvgIpc) is 3.20. The van der Waals surface area contributed by atoms with Gasteiger partial charge in [0, 0.05) is 15.9 Å². The van der Waals surface area contributed by atoms with Crippen LogP contribution in [0.3, 0.4) is 0 Å². The van der Waals surface area contributed by atoms with Crippen LogP contribution in [0.5, 0.6) is 17.2 Å². The van der Waals surface area contributed by atoms with Crippen LogP contribution < -0.4 is 9.47 Å². The number of hydrogen-bond donors (Lipinski definition) is 1. The van der Waals surface area contributed by atoms with Gasteiger partial charge in [-0.2, -0.15) is 0 Å². The number of halogens is 1. The van der Waals surface area contributed by atoms with E-state index in [-0.39, 0.29) is 12.4 Å². The van der Waals surface area contributed by atoms with Gasteiger partial charge in [0.05, 0.1) is 25.5 Å². The second-order valence-electron chi connectivity index (χ2n) is 5.86. The standard InChI is InChI=1S/C21H18BrNO5S/c1-26-18-7-5-14(22)10-16(18)21-23-15(12-29-21)11-28-20(25)8-4-13-3-6-17(24)19(9-13)27-2/h3-10,12,24H,11H2,1-2H3/b8-4+. The van der Waals surface area contributed by atoms with Gasteiger partial charge in [-0.25, -0.2) is 9.78 Å². The molecule has 0 bridgehead atoms. The van der Waals surface area contributed by atoms with Gasteiger partial charge in [-0.1, -0.05) is 22.0 Å². The first kappa shape index (κ1) is 20.9. The van der Waals surface area contributed by atoms with Crippen molar-refractivity contribution in [2.75, 3.05) is 14.2 Å². The fraction of sp³-hybridized carbons (Fsp3) is 0.143. The lowest BCUT2D eigenvalue weighted by molar-refractivity contribution is -0.139. The fourth-order valence-electron chi connectivity index (χ4n) is 2.50. The number of rotatable bonds is 7. The number of phenolic OH excluding ortho intramolecular Hbond substituents is 1. The molecule has 0 saturated carbocycles. The van der Waals surface area contributed by atoms with Crippen LogP contribution in [0.4, 0.5) is 0 Å². The Morgan fingerprint density at radius 2 is 1.97 bits per heavy atom. The van der Waals surface area contributed by atoms with Crippen molar-refractivity contribution in [3.05, 3.63) is 63.6 Å². The number of methoxy groups -OCH3 is 2. The number of ether oxygens (including phenoxy) is 3. The van der Waals surface area contributed by atoms with Crippen LogP contribution in [0, 0.1) is 0 Å². The Hall–Kier alpha value is -2.84. The highest BCUT2D eigenvalue weighted by Gasteiger charge is 2.12. The van der Waals surface area contributed by atoms with Gasteiger partial charge in [0.15, 0.2) is 11.5 Å². The number of thiazole rings is 1. The van der Waals surface area contributed by atoms with E-state index in [1.807, 2.05) is 23.6 Å². The lowest BCUT2D eigenvalue weighted by Gasteiger charge is -2.06. The summed E-state index contributed by atoms with van der Waals surface area (Å²) in [6.07, 6.45) is 2.90. The van der Waals surface area contributed by atoms with Crippen molar-refractivity contribution in [1.29, 1.82) is 0 Å². The van der Waals surface area contributed by atoms with Crippen molar-refractivity contribution in [1.82, 2.24) is 4.98 Å². The summed E-state index contributed by atoms with van der Waals surface area (Å²) >= 11 is 4.90. The number of aromatic hydroxyl groups is 1. The molecule has 6 nitrogen and oxygen atoms in total. The maximum absolute atomic E-state index is 12.0. The van der Waals surface area contributed by atoms with Crippen LogP contribution in [0.2, 0.25) is 0 Å². The van der Waals surface area contributed by atoms with Gasteiger partial charge in [0.1, 0.15) is 17.4 Å². The monoisotopic (exact) mass is 475 g/mol. The highest BCUT2D eigenvalue weighted by atomic mass is 79.9. The molecule has 2 aromatic carbocycles. The minimum Gasteiger partial charge on any atom is -0.504 e. The molecule has 1 heterocycles. The molecule has 8 heteroatoms. The number of carbonyl (C=O) groups excluding carboxylic acids is 1. The number of hydrogen-bond acceptors (Lipinski definition) is 7. The first-order valence-corrected chi connectivity index (χ1v) is 10.2. The molecule has 0 aliphatic heterocycles. The minimum absolute atomic E-state index is 0.0358. The smallest absolute Gasteiger partial charge is 0.331 e. The maximum Gasteiger partial charge on any atom is 0.331 e. The first-order valence-electron chi connectivity index (χ1n) is 8.50. The molecular weight excluding hydrogens is 458 g/mol. The minimum atomic E-state index is -0.494. The van der Waals surface area contributed by atoms with Gasteiger partial charge in [-0.3, -0.25) is 0 Å². The zero-order valence-corrected chi connectivity index (χ0v) is 18.1. The zero-order valence-electron chi connectivity index (χ0n) is 15.7. The molecule has 0 amide bonds. The van der Waals surface area contributed by atoms with Gasteiger partial charge in [0.25, 0.3) is 0 Å². The molecule has 0 aliphatic carbocycles. The summed E-state index contributed by atoms with van der Waals surface area (Å²) in [5.41, 5.74) is 2.22. The summed E-state index contributed by atoms with van der Waals surface area (Å²) in [4.78, 5) is 16.5. The largest absolute Gasteiger partial charge is 0.504 e. The molecule has 0 fully saturated rings. The van der Waals surface area contributed by atoms with E-state index < -0.39 is 5.97 Å². The van der Waals surface area contributed by atoms with Gasteiger partial charge in [0.2, 0.25) is 0 Å². The van der Waals surface area contributed by atoms with Crippen molar-refractivity contribution in [2.45, 2.75) is 6.61 Å². The van der Waals surface area contributed by atoms with Gasteiger partial charge >= 0.3 is 5.97 Å². The molecule has 3 rings (SSSR count). The third kappa shape index (κ3) is 5.36. The third-order valence-corrected chi connectivity index (χ3v) is 5.34. The summed E-state index contributed by atoms with van der Waals surface area (Å²) < 4.78 is 16.6. The topological polar surface area (TPSA) is 77.9 Å². The van der Waals surface area contributed by atoms with Crippen LogP contribution in [0.25, 0.3) is 16.6 Å². The first-order chi connectivity index (χ1) is 14.0. The predicted octanol–water partition coefficient (Wildman–Crippen LogP) is 5.05. The number of esters is 1. The Labute approximate surface area is 180 Å². The molecule has 1 N–H and O–H groups in total. The van der Waals surface area contributed by atoms with Crippen molar-refractivity contribution in [3.8, 4) is 27.8 Å². The maximum atomic E-state index is 12.0. The van der Waals surface area contributed by atoms with Crippen molar-refractivity contribution < 1.29 is 24.1 Å². The molecule has 0 aliphatic rings. The van der Waals surface area contributed by atoms with Crippen LogP contribution in [0.1, 0.15) is 11.3 Å². The highest BCUT2D eigenvalue weighted by Crippen LogP contribution is 2.34.